The van der Waals surface area contributed by atoms with E-state index in [1.54, 1.807) is 0 Å². The highest BCUT2D eigenvalue weighted by Crippen LogP contribution is 2.28. The topological polar surface area (TPSA) is 21.3 Å². The van der Waals surface area contributed by atoms with Gasteiger partial charge in [-0.25, -0.2) is 0 Å². The van der Waals surface area contributed by atoms with Crippen molar-refractivity contribution in [3.8, 4) is 0 Å². The first kappa shape index (κ1) is 13.6. The highest BCUT2D eigenvalue weighted by atomic mass is 16.5. The molecule has 1 aromatic carbocycles. The van der Waals surface area contributed by atoms with Crippen molar-refractivity contribution < 1.29 is 4.74 Å². The Morgan fingerprint density at radius 3 is 2.67 bits per heavy atom. The maximum Gasteiger partial charge on any atom is 0.0951 e. The van der Waals surface area contributed by atoms with Crippen LogP contribution in [0.25, 0.3) is 0 Å². The van der Waals surface area contributed by atoms with Crippen LogP contribution in [0, 0.1) is 12.8 Å². The van der Waals surface area contributed by atoms with Gasteiger partial charge in [-0.15, -0.1) is 0 Å². The predicted molar refractivity (Wildman–Crippen MR) is 75.8 cm³/mol. The van der Waals surface area contributed by atoms with E-state index < -0.39 is 0 Å². The van der Waals surface area contributed by atoms with Gasteiger partial charge in [-0.05, 0) is 43.9 Å². The zero-order chi connectivity index (χ0) is 12.8. The van der Waals surface area contributed by atoms with Crippen molar-refractivity contribution in [2.24, 2.45) is 5.92 Å². The van der Waals surface area contributed by atoms with Gasteiger partial charge in [-0.2, -0.15) is 0 Å². The Bertz CT molecular complexity index is 358. The highest BCUT2D eigenvalue weighted by molar-refractivity contribution is 5.28. The molecule has 2 heteroatoms. The predicted octanol–water partition coefficient (Wildman–Crippen LogP) is 3.46. The van der Waals surface area contributed by atoms with E-state index in [1.807, 2.05) is 7.05 Å². The van der Waals surface area contributed by atoms with E-state index in [2.05, 4.69) is 36.5 Å². The second-order valence-electron chi connectivity index (χ2n) is 5.39. The van der Waals surface area contributed by atoms with Crippen molar-refractivity contribution in [3.63, 3.8) is 0 Å². The molecule has 1 unspecified atom stereocenters. The third-order valence-electron chi connectivity index (χ3n) is 3.93. The lowest BCUT2D eigenvalue weighted by atomic mass is 10.0. The van der Waals surface area contributed by atoms with E-state index in [1.165, 1.54) is 36.8 Å². The summed E-state index contributed by atoms with van der Waals surface area (Å²) in [6.07, 6.45) is 5.65. The fourth-order valence-corrected chi connectivity index (χ4v) is 2.82. The molecule has 0 radical (unpaired) electrons. The molecule has 0 bridgehead atoms. The van der Waals surface area contributed by atoms with Crippen LogP contribution in [0.2, 0.25) is 0 Å². The second kappa shape index (κ2) is 6.91. The number of hydrogen-bond donors (Lipinski definition) is 1. The van der Waals surface area contributed by atoms with Crippen LogP contribution in [0.1, 0.15) is 42.9 Å². The minimum Gasteiger partial charge on any atom is -0.372 e. The molecule has 1 fully saturated rings. The van der Waals surface area contributed by atoms with Crippen LogP contribution in [0.4, 0.5) is 0 Å². The number of aryl methyl sites for hydroxylation is 1. The Balaban J connectivity index is 1.96. The van der Waals surface area contributed by atoms with Gasteiger partial charge in [0.05, 0.1) is 12.7 Å². The van der Waals surface area contributed by atoms with E-state index in [4.69, 9.17) is 4.74 Å². The van der Waals surface area contributed by atoms with Crippen molar-refractivity contribution in [1.29, 1.82) is 0 Å². The number of rotatable bonds is 6. The van der Waals surface area contributed by atoms with E-state index in [0.717, 1.165) is 19.1 Å². The molecule has 2 rings (SSSR count). The molecule has 1 aromatic rings. The Morgan fingerprint density at radius 2 is 2.00 bits per heavy atom. The first-order valence-electron chi connectivity index (χ1n) is 7.13. The summed E-state index contributed by atoms with van der Waals surface area (Å²) < 4.78 is 6.17. The van der Waals surface area contributed by atoms with Gasteiger partial charge in [0.2, 0.25) is 0 Å². The molecule has 1 aliphatic carbocycles. The van der Waals surface area contributed by atoms with Crippen LogP contribution in [-0.2, 0) is 4.74 Å². The van der Waals surface area contributed by atoms with E-state index >= 15 is 0 Å². The molecule has 1 atom stereocenters. The largest absolute Gasteiger partial charge is 0.372 e. The molecule has 0 aliphatic heterocycles. The number of hydrogen-bond acceptors (Lipinski definition) is 2. The molecule has 0 spiro atoms. The van der Waals surface area contributed by atoms with Crippen molar-refractivity contribution >= 4 is 0 Å². The summed E-state index contributed by atoms with van der Waals surface area (Å²) in [6.45, 7) is 3.97. The average molecular weight is 247 g/mol. The standard InChI is InChI=1S/C16H25NO/c1-13-7-3-6-10-15(13)16(11-17-2)18-12-14-8-4-5-9-14/h3,6-7,10,14,16-17H,4-5,8-9,11-12H2,1-2H3. The van der Waals surface area contributed by atoms with Crippen LogP contribution in [0.5, 0.6) is 0 Å². The van der Waals surface area contributed by atoms with Crippen LogP contribution in [0.15, 0.2) is 24.3 Å². The van der Waals surface area contributed by atoms with Gasteiger partial charge in [0.1, 0.15) is 0 Å². The molecule has 0 saturated heterocycles. The van der Waals surface area contributed by atoms with E-state index in [0.29, 0.717) is 0 Å². The molecule has 1 saturated carbocycles. The summed E-state index contributed by atoms with van der Waals surface area (Å²) in [7, 11) is 1.99. The maximum atomic E-state index is 6.17. The van der Waals surface area contributed by atoms with E-state index in [-0.39, 0.29) is 6.10 Å². The Kier molecular flexibility index (Phi) is 5.21. The summed E-state index contributed by atoms with van der Waals surface area (Å²) in [5, 5.41) is 3.24. The van der Waals surface area contributed by atoms with Crippen molar-refractivity contribution in [1.82, 2.24) is 5.32 Å². The molecule has 0 amide bonds. The Hall–Kier alpha value is -0.860. The minimum atomic E-state index is 0.191. The van der Waals surface area contributed by atoms with Crippen molar-refractivity contribution in [3.05, 3.63) is 35.4 Å². The van der Waals surface area contributed by atoms with Crippen molar-refractivity contribution in [2.45, 2.75) is 38.7 Å². The lowest BCUT2D eigenvalue weighted by molar-refractivity contribution is 0.0302. The fourth-order valence-electron chi connectivity index (χ4n) is 2.82. The number of ether oxygens (including phenoxy) is 1. The minimum absolute atomic E-state index is 0.191. The van der Waals surface area contributed by atoms with Crippen LogP contribution in [0.3, 0.4) is 0 Å². The third-order valence-corrected chi connectivity index (χ3v) is 3.93. The SMILES string of the molecule is CNCC(OCC1CCCC1)c1ccccc1C. The molecule has 0 heterocycles. The van der Waals surface area contributed by atoms with Gasteiger partial charge >= 0.3 is 0 Å². The Labute approximate surface area is 111 Å². The smallest absolute Gasteiger partial charge is 0.0951 e. The van der Waals surface area contributed by atoms with E-state index in [9.17, 15) is 0 Å². The van der Waals surface area contributed by atoms with Crippen LogP contribution in [-0.4, -0.2) is 20.2 Å². The fraction of sp³-hybridized carbons (Fsp3) is 0.625. The molecule has 18 heavy (non-hydrogen) atoms. The lowest BCUT2D eigenvalue weighted by Gasteiger charge is -2.22. The summed E-state index contributed by atoms with van der Waals surface area (Å²) in [4.78, 5) is 0. The summed E-state index contributed by atoms with van der Waals surface area (Å²) in [5.41, 5.74) is 2.65. The lowest BCUT2D eigenvalue weighted by Crippen LogP contribution is -2.22. The Morgan fingerprint density at radius 1 is 1.28 bits per heavy atom. The monoisotopic (exact) mass is 247 g/mol. The maximum absolute atomic E-state index is 6.17. The van der Waals surface area contributed by atoms with Gasteiger partial charge in [0, 0.05) is 6.54 Å². The quantitative estimate of drug-likeness (QED) is 0.831. The van der Waals surface area contributed by atoms with Crippen molar-refractivity contribution in [2.75, 3.05) is 20.2 Å². The molecular formula is C16H25NO. The molecule has 100 valence electrons. The first-order chi connectivity index (χ1) is 8.81. The highest BCUT2D eigenvalue weighted by Gasteiger charge is 2.19. The number of benzene rings is 1. The molecule has 2 nitrogen and oxygen atoms in total. The normalized spacial score (nSPS) is 18.1. The zero-order valence-electron chi connectivity index (χ0n) is 11.6. The van der Waals surface area contributed by atoms with Gasteiger partial charge in [-0.3, -0.25) is 0 Å². The summed E-state index contributed by atoms with van der Waals surface area (Å²) in [6, 6.07) is 8.54. The van der Waals surface area contributed by atoms with Gasteiger partial charge < -0.3 is 10.1 Å². The first-order valence-corrected chi connectivity index (χ1v) is 7.13. The number of nitrogens with one attached hydrogen (secondary N) is 1. The summed E-state index contributed by atoms with van der Waals surface area (Å²) >= 11 is 0. The zero-order valence-corrected chi connectivity index (χ0v) is 11.6. The number of likely N-dealkylation sites (N-methyl/N-ethyl adjacent to an activating group) is 1. The van der Waals surface area contributed by atoms with Gasteiger partial charge in [0.15, 0.2) is 0 Å². The molecule has 1 aliphatic rings. The molecule has 1 N–H and O–H groups in total. The second-order valence-corrected chi connectivity index (χ2v) is 5.39. The third kappa shape index (κ3) is 3.56. The van der Waals surface area contributed by atoms with Gasteiger partial charge in [-0.1, -0.05) is 37.1 Å². The molecule has 0 aromatic heterocycles. The average Bonchev–Trinajstić information content (AvgIpc) is 2.88. The van der Waals surface area contributed by atoms with Gasteiger partial charge in [0.25, 0.3) is 0 Å². The molecular weight excluding hydrogens is 222 g/mol. The van der Waals surface area contributed by atoms with Crippen LogP contribution < -0.4 is 5.32 Å². The summed E-state index contributed by atoms with van der Waals surface area (Å²) in [5.74, 6) is 0.786. The van der Waals surface area contributed by atoms with Crippen LogP contribution >= 0.6 is 0 Å².